The maximum atomic E-state index is 10.4. The van der Waals surface area contributed by atoms with Crippen LogP contribution in [0.15, 0.2) is 18.2 Å². The van der Waals surface area contributed by atoms with E-state index in [0.717, 1.165) is 25.0 Å². The van der Waals surface area contributed by atoms with Gasteiger partial charge in [-0.15, -0.1) is 0 Å². The zero-order chi connectivity index (χ0) is 14.8. The van der Waals surface area contributed by atoms with Crippen LogP contribution in [0.5, 0.6) is 5.75 Å². The van der Waals surface area contributed by atoms with Crippen molar-refractivity contribution < 1.29 is 19.3 Å². The van der Waals surface area contributed by atoms with E-state index in [1.807, 2.05) is 6.07 Å². The van der Waals surface area contributed by atoms with Gasteiger partial charge in [-0.3, -0.25) is 0 Å². The van der Waals surface area contributed by atoms with Crippen LogP contribution in [0.3, 0.4) is 0 Å². The van der Waals surface area contributed by atoms with Gasteiger partial charge >= 0.3 is 0 Å². The van der Waals surface area contributed by atoms with Crippen LogP contribution in [0.2, 0.25) is 0 Å². The standard InChI is InChI=1S/C17H24O4/c1-19-10-21-9-15-13-6-11-4-3-5-17(20-2)14(11)7-12(13)8-16(15)18/h3-5,12-13,15-16,18H,6-10H2,1-2H3/t12?,13-,15+,16+/m0/s1. The average molecular weight is 292 g/mol. The van der Waals surface area contributed by atoms with E-state index >= 15 is 0 Å². The third-order valence-electron chi connectivity index (χ3n) is 5.08. The van der Waals surface area contributed by atoms with Gasteiger partial charge in [-0.1, -0.05) is 12.1 Å². The second kappa shape index (κ2) is 6.34. The number of fused-ring (bicyclic) bond motifs is 2. The lowest BCUT2D eigenvalue weighted by atomic mass is 9.75. The number of hydrogen-bond donors (Lipinski definition) is 1. The molecule has 2 aliphatic carbocycles. The molecule has 0 radical (unpaired) electrons. The Balaban J connectivity index is 1.77. The fourth-order valence-corrected chi connectivity index (χ4v) is 4.09. The van der Waals surface area contributed by atoms with Crippen molar-refractivity contribution in [1.82, 2.24) is 0 Å². The molecule has 0 saturated heterocycles. The van der Waals surface area contributed by atoms with Crippen molar-refractivity contribution in [1.29, 1.82) is 0 Å². The molecular weight excluding hydrogens is 268 g/mol. The number of rotatable bonds is 5. The zero-order valence-corrected chi connectivity index (χ0v) is 12.7. The normalized spacial score (nSPS) is 30.8. The van der Waals surface area contributed by atoms with Gasteiger partial charge in [0.2, 0.25) is 0 Å². The molecule has 4 nitrogen and oxygen atoms in total. The Kier molecular flexibility index (Phi) is 4.48. The van der Waals surface area contributed by atoms with Gasteiger partial charge in [0.15, 0.2) is 0 Å². The summed E-state index contributed by atoms with van der Waals surface area (Å²) >= 11 is 0. The molecule has 1 saturated carbocycles. The molecule has 1 N–H and O–H groups in total. The van der Waals surface area contributed by atoms with Crippen LogP contribution >= 0.6 is 0 Å². The highest BCUT2D eigenvalue weighted by Gasteiger charge is 2.45. The molecule has 1 unspecified atom stereocenters. The van der Waals surface area contributed by atoms with E-state index in [2.05, 4.69) is 12.1 Å². The summed E-state index contributed by atoms with van der Waals surface area (Å²) in [6.45, 7) is 0.875. The number of aliphatic hydroxyl groups is 1. The number of benzene rings is 1. The number of methoxy groups -OCH3 is 2. The minimum Gasteiger partial charge on any atom is -0.496 e. The first kappa shape index (κ1) is 14.8. The fraction of sp³-hybridized carbons (Fsp3) is 0.647. The summed E-state index contributed by atoms with van der Waals surface area (Å²) in [6.07, 6.45) is 2.61. The van der Waals surface area contributed by atoms with Crippen molar-refractivity contribution >= 4 is 0 Å². The van der Waals surface area contributed by atoms with Crippen molar-refractivity contribution in [2.45, 2.75) is 25.4 Å². The Morgan fingerprint density at radius 3 is 2.86 bits per heavy atom. The van der Waals surface area contributed by atoms with Crippen LogP contribution in [0.4, 0.5) is 0 Å². The molecule has 21 heavy (non-hydrogen) atoms. The fourth-order valence-electron chi connectivity index (χ4n) is 4.09. The van der Waals surface area contributed by atoms with Gasteiger partial charge in [-0.2, -0.15) is 0 Å². The molecule has 3 rings (SSSR count). The Morgan fingerprint density at radius 2 is 2.10 bits per heavy atom. The molecule has 116 valence electrons. The molecule has 0 bridgehead atoms. The third kappa shape index (κ3) is 2.80. The quantitative estimate of drug-likeness (QED) is 0.666. The Labute approximate surface area is 126 Å². The molecule has 0 aromatic heterocycles. The van der Waals surface area contributed by atoms with Crippen molar-refractivity contribution in [3.05, 3.63) is 29.3 Å². The lowest BCUT2D eigenvalue weighted by Gasteiger charge is -2.32. The highest BCUT2D eigenvalue weighted by molar-refractivity contribution is 5.43. The van der Waals surface area contributed by atoms with Gasteiger partial charge in [0, 0.05) is 13.0 Å². The van der Waals surface area contributed by atoms with Gasteiger partial charge in [0.25, 0.3) is 0 Å². The highest BCUT2D eigenvalue weighted by Crippen LogP contribution is 2.46. The van der Waals surface area contributed by atoms with Gasteiger partial charge in [-0.05, 0) is 48.3 Å². The predicted molar refractivity (Wildman–Crippen MR) is 79.3 cm³/mol. The molecule has 0 amide bonds. The Hall–Kier alpha value is -1.10. The average Bonchev–Trinajstić information content (AvgIpc) is 2.80. The molecule has 0 heterocycles. The lowest BCUT2D eigenvalue weighted by Crippen LogP contribution is -2.30. The monoisotopic (exact) mass is 292 g/mol. The third-order valence-corrected chi connectivity index (χ3v) is 5.08. The summed E-state index contributed by atoms with van der Waals surface area (Å²) in [5, 5.41) is 10.4. The molecule has 2 aliphatic rings. The first-order valence-electron chi connectivity index (χ1n) is 7.64. The van der Waals surface area contributed by atoms with E-state index in [1.54, 1.807) is 14.2 Å². The molecule has 1 aromatic rings. The van der Waals surface area contributed by atoms with Crippen molar-refractivity contribution in [3.8, 4) is 5.75 Å². The Morgan fingerprint density at radius 1 is 1.24 bits per heavy atom. The SMILES string of the molecule is COCOC[C@H]1[C@H](O)CC2Cc3c(cccc3OC)C[C@@H]21. The van der Waals surface area contributed by atoms with Crippen LogP contribution in [0.1, 0.15) is 17.5 Å². The number of hydrogen-bond acceptors (Lipinski definition) is 4. The molecule has 0 aliphatic heterocycles. The first-order valence-corrected chi connectivity index (χ1v) is 7.64. The molecule has 4 atom stereocenters. The summed E-state index contributed by atoms with van der Waals surface area (Å²) in [7, 11) is 3.35. The van der Waals surface area contributed by atoms with Crippen molar-refractivity contribution in [2.24, 2.45) is 17.8 Å². The second-order valence-electron chi connectivity index (χ2n) is 6.17. The van der Waals surface area contributed by atoms with Gasteiger partial charge < -0.3 is 19.3 Å². The topological polar surface area (TPSA) is 47.9 Å². The van der Waals surface area contributed by atoms with Crippen molar-refractivity contribution in [3.63, 3.8) is 0 Å². The largest absolute Gasteiger partial charge is 0.496 e. The minimum absolute atomic E-state index is 0.213. The van der Waals surface area contributed by atoms with Crippen LogP contribution in [0.25, 0.3) is 0 Å². The van der Waals surface area contributed by atoms with E-state index in [-0.39, 0.29) is 12.0 Å². The van der Waals surface area contributed by atoms with Crippen LogP contribution in [-0.4, -0.2) is 38.8 Å². The van der Waals surface area contributed by atoms with E-state index in [0.29, 0.717) is 25.2 Å². The lowest BCUT2D eigenvalue weighted by molar-refractivity contribution is -0.0625. The first-order chi connectivity index (χ1) is 10.2. The Bertz CT molecular complexity index is 488. The van der Waals surface area contributed by atoms with E-state index in [4.69, 9.17) is 14.2 Å². The van der Waals surface area contributed by atoms with E-state index in [9.17, 15) is 5.11 Å². The zero-order valence-electron chi connectivity index (χ0n) is 12.7. The summed E-state index contributed by atoms with van der Waals surface area (Å²) in [5.41, 5.74) is 2.69. The molecule has 1 fully saturated rings. The second-order valence-corrected chi connectivity index (χ2v) is 6.17. The van der Waals surface area contributed by atoms with Gasteiger partial charge in [0.1, 0.15) is 12.5 Å². The van der Waals surface area contributed by atoms with Gasteiger partial charge in [0.05, 0.1) is 19.8 Å². The summed E-state index contributed by atoms with van der Waals surface area (Å²) in [5.74, 6) is 2.22. The number of aliphatic hydroxyl groups excluding tert-OH is 1. The van der Waals surface area contributed by atoms with Crippen LogP contribution < -0.4 is 4.74 Å². The summed E-state index contributed by atoms with van der Waals surface area (Å²) in [6, 6.07) is 6.27. The molecule has 4 heteroatoms. The molecule has 0 spiro atoms. The number of ether oxygens (including phenoxy) is 3. The summed E-state index contributed by atoms with van der Waals surface area (Å²) < 4.78 is 15.9. The van der Waals surface area contributed by atoms with E-state index in [1.165, 1.54) is 11.1 Å². The smallest absolute Gasteiger partial charge is 0.146 e. The van der Waals surface area contributed by atoms with Crippen LogP contribution in [0, 0.1) is 17.8 Å². The van der Waals surface area contributed by atoms with E-state index < -0.39 is 0 Å². The molecular formula is C17H24O4. The maximum Gasteiger partial charge on any atom is 0.146 e. The highest BCUT2D eigenvalue weighted by atomic mass is 16.7. The molecule has 1 aromatic carbocycles. The van der Waals surface area contributed by atoms with Crippen LogP contribution in [-0.2, 0) is 22.3 Å². The predicted octanol–water partition coefficient (Wildman–Crippen LogP) is 2.03. The van der Waals surface area contributed by atoms with Gasteiger partial charge in [-0.25, -0.2) is 0 Å². The van der Waals surface area contributed by atoms with Crippen molar-refractivity contribution in [2.75, 3.05) is 27.6 Å². The maximum absolute atomic E-state index is 10.4. The minimum atomic E-state index is -0.267. The summed E-state index contributed by atoms with van der Waals surface area (Å²) in [4.78, 5) is 0.